The monoisotopic (exact) mass is 290 g/mol. The second-order valence-electron chi connectivity index (χ2n) is 8.11. The van der Waals surface area contributed by atoms with E-state index in [2.05, 4.69) is 40.7 Å². The van der Waals surface area contributed by atoms with Gasteiger partial charge in [-0.15, -0.1) is 0 Å². The Morgan fingerprint density at radius 2 is 2.10 bits per heavy atom. The number of aliphatic hydroxyl groups is 1. The summed E-state index contributed by atoms with van der Waals surface area (Å²) in [6.45, 7) is 12.2. The van der Waals surface area contributed by atoms with Crippen LogP contribution in [0.15, 0.2) is 23.3 Å². The van der Waals surface area contributed by atoms with Crippen molar-refractivity contribution in [3.8, 4) is 0 Å². The van der Waals surface area contributed by atoms with Gasteiger partial charge in [0.1, 0.15) is 0 Å². The summed E-state index contributed by atoms with van der Waals surface area (Å²) < 4.78 is 0. The molecule has 0 radical (unpaired) electrons. The first kappa shape index (κ1) is 16.8. The van der Waals surface area contributed by atoms with Crippen LogP contribution in [0.5, 0.6) is 0 Å². The quantitative estimate of drug-likeness (QED) is 0.677. The van der Waals surface area contributed by atoms with Gasteiger partial charge in [0, 0.05) is 0 Å². The van der Waals surface area contributed by atoms with Gasteiger partial charge in [0.05, 0.1) is 6.61 Å². The van der Waals surface area contributed by atoms with E-state index in [1.54, 1.807) is 5.57 Å². The van der Waals surface area contributed by atoms with Crippen LogP contribution in [-0.4, -0.2) is 11.7 Å². The molecule has 2 aliphatic rings. The Balaban J connectivity index is 2.23. The lowest BCUT2D eigenvalue weighted by molar-refractivity contribution is -0.0466. The van der Waals surface area contributed by atoms with Gasteiger partial charge in [0.25, 0.3) is 0 Å². The fourth-order valence-corrected chi connectivity index (χ4v) is 5.06. The molecule has 1 nitrogen and oxygen atoms in total. The Labute approximate surface area is 131 Å². The fraction of sp³-hybridized carbons (Fsp3) is 0.800. The van der Waals surface area contributed by atoms with Gasteiger partial charge in [-0.25, -0.2) is 0 Å². The van der Waals surface area contributed by atoms with Crippen molar-refractivity contribution in [2.24, 2.45) is 22.7 Å². The molecule has 0 unspecified atom stereocenters. The largest absolute Gasteiger partial charge is 0.392 e. The van der Waals surface area contributed by atoms with Crippen molar-refractivity contribution in [1.82, 2.24) is 0 Å². The maximum Gasteiger partial charge on any atom is 0.0614 e. The number of aliphatic hydroxyl groups excluding tert-OH is 1. The van der Waals surface area contributed by atoms with Gasteiger partial charge in [0.15, 0.2) is 0 Å². The van der Waals surface area contributed by atoms with E-state index in [4.69, 9.17) is 5.11 Å². The molecule has 120 valence electrons. The van der Waals surface area contributed by atoms with Crippen molar-refractivity contribution < 1.29 is 5.11 Å². The summed E-state index contributed by atoms with van der Waals surface area (Å²) in [6.07, 6.45) is 12.2. The lowest BCUT2D eigenvalue weighted by atomic mass is 9.47. The van der Waals surface area contributed by atoms with Crippen LogP contribution >= 0.6 is 0 Å². The molecule has 0 aromatic rings. The van der Waals surface area contributed by atoms with Crippen molar-refractivity contribution in [1.29, 1.82) is 0 Å². The first-order valence-electron chi connectivity index (χ1n) is 8.78. The van der Waals surface area contributed by atoms with E-state index in [9.17, 15) is 0 Å². The van der Waals surface area contributed by atoms with E-state index < -0.39 is 0 Å². The van der Waals surface area contributed by atoms with Gasteiger partial charge in [-0.1, -0.05) is 44.1 Å². The van der Waals surface area contributed by atoms with E-state index in [1.165, 1.54) is 37.7 Å². The Hall–Kier alpha value is -0.560. The molecule has 1 N–H and O–H groups in total. The summed E-state index contributed by atoms with van der Waals surface area (Å²) in [7, 11) is 0. The summed E-state index contributed by atoms with van der Waals surface area (Å²) in [4.78, 5) is 0. The molecule has 1 saturated carbocycles. The third kappa shape index (κ3) is 2.99. The Kier molecular flexibility index (Phi) is 5.03. The maximum atomic E-state index is 9.07. The third-order valence-corrected chi connectivity index (χ3v) is 7.09. The van der Waals surface area contributed by atoms with E-state index in [0.717, 1.165) is 18.3 Å². The van der Waals surface area contributed by atoms with Crippen molar-refractivity contribution in [2.45, 2.75) is 73.1 Å². The smallest absolute Gasteiger partial charge is 0.0614 e. The molecule has 0 aromatic heterocycles. The Morgan fingerprint density at radius 3 is 2.76 bits per heavy atom. The highest BCUT2D eigenvalue weighted by atomic mass is 16.2. The normalized spacial score (nSPS) is 40.7. The molecule has 0 saturated heterocycles. The molecular weight excluding hydrogens is 256 g/mol. The van der Waals surface area contributed by atoms with Crippen LogP contribution < -0.4 is 0 Å². The first-order valence-corrected chi connectivity index (χ1v) is 8.78. The molecule has 1 fully saturated rings. The molecule has 2 rings (SSSR count). The lowest BCUT2D eigenvalue weighted by Gasteiger charge is -2.58. The van der Waals surface area contributed by atoms with Crippen LogP contribution in [0.4, 0.5) is 0 Å². The molecule has 0 amide bonds. The van der Waals surface area contributed by atoms with Gasteiger partial charge in [0.2, 0.25) is 0 Å². The number of allylic oxidation sites excluding steroid dienone is 3. The average Bonchev–Trinajstić information content (AvgIpc) is 2.44. The highest BCUT2D eigenvalue weighted by Crippen LogP contribution is 2.61. The minimum Gasteiger partial charge on any atom is -0.392 e. The number of hydrogen-bond acceptors (Lipinski definition) is 1. The van der Waals surface area contributed by atoms with Gasteiger partial charge >= 0.3 is 0 Å². The standard InChI is InChI=1S/C20H34O/c1-15(11-14-21)9-12-19(4)17(3)10-13-20(5)16(2)7-6-8-18(19)20/h7,11,17-18,21H,6,8-10,12-14H2,1-5H3/b15-11+/t17-,18+,19+,20+/m1/s1. The minimum absolute atomic E-state index is 0.182. The molecule has 21 heavy (non-hydrogen) atoms. The number of rotatable bonds is 4. The predicted molar refractivity (Wildman–Crippen MR) is 91.2 cm³/mol. The van der Waals surface area contributed by atoms with Crippen LogP contribution in [0.2, 0.25) is 0 Å². The zero-order valence-electron chi connectivity index (χ0n) is 14.7. The van der Waals surface area contributed by atoms with Crippen LogP contribution in [-0.2, 0) is 0 Å². The molecule has 0 aromatic carbocycles. The number of hydrogen-bond donors (Lipinski definition) is 1. The molecular formula is C20H34O. The van der Waals surface area contributed by atoms with Gasteiger partial charge in [-0.05, 0) is 75.0 Å². The summed E-state index contributed by atoms with van der Waals surface area (Å²) in [5.74, 6) is 1.63. The molecule has 4 atom stereocenters. The van der Waals surface area contributed by atoms with E-state index >= 15 is 0 Å². The zero-order valence-corrected chi connectivity index (χ0v) is 14.7. The van der Waals surface area contributed by atoms with E-state index in [1.807, 2.05) is 6.08 Å². The average molecular weight is 290 g/mol. The maximum absolute atomic E-state index is 9.07. The second-order valence-corrected chi connectivity index (χ2v) is 8.11. The van der Waals surface area contributed by atoms with E-state index in [0.29, 0.717) is 10.8 Å². The molecule has 2 aliphatic carbocycles. The van der Waals surface area contributed by atoms with Crippen LogP contribution in [0, 0.1) is 22.7 Å². The zero-order chi connectivity index (χ0) is 15.7. The van der Waals surface area contributed by atoms with Crippen LogP contribution in [0.3, 0.4) is 0 Å². The topological polar surface area (TPSA) is 20.2 Å². The van der Waals surface area contributed by atoms with Gasteiger partial charge in [-0.2, -0.15) is 0 Å². The third-order valence-electron chi connectivity index (χ3n) is 7.09. The highest BCUT2D eigenvalue weighted by molar-refractivity contribution is 5.21. The van der Waals surface area contributed by atoms with Crippen molar-refractivity contribution in [3.05, 3.63) is 23.3 Å². The molecule has 0 spiro atoms. The van der Waals surface area contributed by atoms with E-state index in [-0.39, 0.29) is 6.61 Å². The molecule has 0 heterocycles. The van der Waals surface area contributed by atoms with Gasteiger partial charge in [-0.3, -0.25) is 0 Å². The molecule has 0 bridgehead atoms. The predicted octanol–water partition coefficient (Wildman–Crippen LogP) is 5.50. The first-order chi connectivity index (χ1) is 9.84. The van der Waals surface area contributed by atoms with Crippen LogP contribution in [0.25, 0.3) is 0 Å². The summed E-state index contributed by atoms with van der Waals surface area (Å²) >= 11 is 0. The Morgan fingerprint density at radius 1 is 1.38 bits per heavy atom. The van der Waals surface area contributed by atoms with Crippen molar-refractivity contribution >= 4 is 0 Å². The number of fused-ring (bicyclic) bond motifs is 1. The van der Waals surface area contributed by atoms with Crippen LogP contribution in [0.1, 0.15) is 73.1 Å². The minimum atomic E-state index is 0.182. The highest BCUT2D eigenvalue weighted by Gasteiger charge is 2.52. The SMILES string of the molecule is CC1=CCC[C@H]2[C@@](C)(CC/C(C)=C/CO)[C@H](C)CC[C@@]12C. The fourth-order valence-electron chi connectivity index (χ4n) is 5.06. The second kappa shape index (κ2) is 6.28. The summed E-state index contributed by atoms with van der Waals surface area (Å²) in [5.41, 5.74) is 3.85. The van der Waals surface area contributed by atoms with Crippen molar-refractivity contribution in [3.63, 3.8) is 0 Å². The summed E-state index contributed by atoms with van der Waals surface area (Å²) in [6, 6.07) is 0. The van der Waals surface area contributed by atoms with Gasteiger partial charge < -0.3 is 5.11 Å². The Bertz CT molecular complexity index is 433. The van der Waals surface area contributed by atoms with Crippen molar-refractivity contribution in [2.75, 3.05) is 6.61 Å². The lowest BCUT2D eigenvalue weighted by Crippen LogP contribution is -2.49. The molecule has 1 heteroatoms. The molecule has 0 aliphatic heterocycles. The summed E-state index contributed by atoms with van der Waals surface area (Å²) in [5, 5.41) is 9.07.